The largest absolute Gasteiger partial charge is 0.313 e. The number of rotatable bonds is 4. The minimum atomic E-state index is 0.748. The van der Waals surface area contributed by atoms with Crippen molar-refractivity contribution in [1.82, 2.24) is 10.2 Å². The second-order valence-electron chi connectivity index (χ2n) is 4.76. The minimum absolute atomic E-state index is 0.748. The molecular weight excluding hydrogens is 160 g/mol. The zero-order chi connectivity index (χ0) is 9.68. The Morgan fingerprint density at radius 2 is 2.15 bits per heavy atom. The van der Waals surface area contributed by atoms with Crippen LogP contribution in [0.3, 0.4) is 0 Å². The van der Waals surface area contributed by atoms with Crippen LogP contribution in [0.1, 0.15) is 33.1 Å². The Labute approximate surface area is 82.7 Å². The summed E-state index contributed by atoms with van der Waals surface area (Å²) in [5.74, 6) is 0.786. The van der Waals surface area contributed by atoms with E-state index in [0.717, 1.165) is 12.0 Å². The molecule has 1 rings (SSSR count). The van der Waals surface area contributed by atoms with E-state index < -0.39 is 0 Å². The normalized spacial score (nSPS) is 24.2. The third-order valence-electron chi connectivity index (χ3n) is 2.62. The van der Waals surface area contributed by atoms with Gasteiger partial charge in [-0.3, -0.25) is 0 Å². The maximum absolute atomic E-state index is 3.58. The maximum Gasteiger partial charge on any atom is 0.0194 e. The molecular formula is C11H24N2. The average Bonchev–Trinajstić information content (AvgIpc) is 2.04. The van der Waals surface area contributed by atoms with Crippen molar-refractivity contribution >= 4 is 0 Å². The van der Waals surface area contributed by atoms with Gasteiger partial charge in [-0.05, 0) is 32.4 Å². The second kappa shape index (κ2) is 5.61. The van der Waals surface area contributed by atoms with Crippen LogP contribution in [0.4, 0.5) is 0 Å². The smallest absolute Gasteiger partial charge is 0.0194 e. The van der Waals surface area contributed by atoms with Crippen LogP contribution in [0.2, 0.25) is 0 Å². The van der Waals surface area contributed by atoms with Crippen molar-refractivity contribution in [3.63, 3.8) is 0 Å². The van der Waals surface area contributed by atoms with Crippen molar-refractivity contribution in [2.75, 3.05) is 26.7 Å². The van der Waals surface area contributed by atoms with Crippen molar-refractivity contribution in [2.24, 2.45) is 5.92 Å². The van der Waals surface area contributed by atoms with Crippen LogP contribution in [0, 0.1) is 5.92 Å². The van der Waals surface area contributed by atoms with Gasteiger partial charge in [-0.1, -0.05) is 20.3 Å². The SMILES string of the molecule is CC(C)CN(C)CC1CCCCN1. The lowest BCUT2D eigenvalue weighted by Gasteiger charge is -2.28. The van der Waals surface area contributed by atoms with E-state index in [4.69, 9.17) is 0 Å². The molecule has 2 heteroatoms. The van der Waals surface area contributed by atoms with Crippen molar-refractivity contribution < 1.29 is 0 Å². The van der Waals surface area contributed by atoms with Gasteiger partial charge < -0.3 is 10.2 Å². The molecule has 0 amide bonds. The molecule has 1 atom stereocenters. The molecule has 13 heavy (non-hydrogen) atoms. The predicted octanol–water partition coefficient (Wildman–Crippen LogP) is 1.72. The molecule has 0 aromatic rings. The number of likely N-dealkylation sites (N-methyl/N-ethyl adjacent to an activating group) is 1. The Kier molecular flexibility index (Phi) is 4.74. The van der Waals surface area contributed by atoms with Gasteiger partial charge in [-0.25, -0.2) is 0 Å². The number of nitrogens with zero attached hydrogens (tertiary/aromatic N) is 1. The summed E-state index contributed by atoms with van der Waals surface area (Å²) in [5.41, 5.74) is 0. The van der Waals surface area contributed by atoms with Gasteiger partial charge in [0, 0.05) is 19.1 Å². The van der Waals surface area contributed by atoms with Crippen LogP contribution < -0.4 is 5.32 Å². The highest BCUT2D eigenvalue weighted by Crippen LogP contribution is 2.08. The third-order valence-corrected chi connectivity index (χ3v) is 2.62. The number of hydrogen-bond acceptors (Lipinski definition) is 2. The molecule has 2 nitrogen and oxygen atoms in total. The quantitative estimate of drug-likeness (QED) is 0.715. The Morgan fingerprint density at radius 3 is 2.69 bits per heavy atom. The Morgan fingerprint density at radius 1 is 1.38 bits per heavy atom. The van der Waals surface area contributed by atoms with Gasteiger partial charge in [0.15, 0.2) is 0 Å². The van der Waals surface area contributed by atoms with E-state index in [1.807, 2.05) is 0 Å². The van der Waals surface area contributed by atoms with Gasteiger partial charge in [0.1, 0.15) is 0 Å². The van der Waals surface area contributed by atoms with Crippen LogP contribution in [0.15, 0.2) is 0 Å². The van der Waals surface area contributed by atoms with E-state index in [-0.39, 0.29) is 0 Å². The Hall–Kier alpha value is -0.0800. The first kappa shape index (κ1) is 11.0. The standard InChI is InChI=1S/C11H24N2/c1-10(2)8-13(3)9-11-6-4-5-7-12-11/h10-12H,4-9H2,1-3H3. The zero-order valence-corrected chi connectivity index (χ0v) is 9.34. The van der Waals surface area contributed by atoms with Crippen LogP contribution >= 0.6 is 0 Å². The Bertz CT molecular complexity index is 128. The molecule has 0 saturated carbocycles. The molecule has 0 aromatic carbocycles. The number of hydrogen-bond donors (Lipinski definition) is 1. The summed E-state index contributed by atoms with van der Waals surface area (Å²) in [4.78, 5) is 2.45. The first-order valence-electron chi connectivity index (χ1n) is 5.60. The van der Waals surface area contributed by atoms with Crippen LogP contribution in [0.25, 0.3) is 0 Å². The highest BCUT2D eigenvalue weighted by atomic mass is 15.1. The molecule has 78 valence electrons. The molecule has 0 radical (unpaired) electrons. The molecule has 1 unspecified atom stereocenters. The fraction of sp³-hybridized carbons (Fsp3) is 1.00. The van der Waals surface area contributed by atoms with Gasteiger partial charge in [0.2, 0.25) is 0 Å². The molecule has 0 aliphatic carbocycles. The summed E-state index contributed by atoms with van der Waals surface area (Å²) < 4.78 is 0. The first-order chi connectivity index (χ1) is 6.18. The number of nitrogens with one attached hydrogen (secondary N) is 1. The van der Waals surface area contributed by atoms with Crippen molar-refractivity contribution in [1.29, 1.82) is 0 Å². The van der Waals surface area contributed by atoms with Gasteiger partial charge in [0.25, 0.3) is 0 Å². The topological polar surface area (TPSA) is 15.3 Å². The highest BCUT2D eigenvalue weighted by Gasteiger charge is 2.14. The summed E-state index contributed by atoms with van der Waals surface area (Å²) in [7, 11) is 2.23. The molecule has 0 spiro atoms. The average molecular weight is 184 g/mol. The van der Waals surface area contributed by atoms with Gasteiger partial charge in [-0.15, -0.1) is 0 Å². The highest BCUT2D eigenvalue weighted by molar-refractivity contribution is 4.75. The molecule has 0 aromatic heterocycles. The number of piperidine rings is 1. The molecule has 1 N–H and O–H groups in total. The molecule has 1 heterocycles. The van der Waals surface area contributed by atoms with E-state index in [0.29, 0.717) is 0 Å². The van der Waals surface area contributed by atoms with Crippen molar-refractivity contribution in [3.05, 3.63) is 0 Å². The molecule has 1 aliphatic heterocycles. The fourth-order valence-electron chi connectivity index (χ4n) is 2.15. The molecule has 1 aliphatic rings. The predicted molar refractivity (Wildman–Crippen MR) is 58.0 cm³/mol. The Balaban J connectivity index is 2.14. The lowest BCUT2D eigenvalue weighted by molar-refractivity contribution is 0.241. The van der Waals surface area contributed by atoms with E-state index in [9.17, 15) is 0 Å². The monoisotopic (exact) mass is 184 g/mol. The summed E-state index contributed by atoms with van der Waals surface area (Å²) in [5, 5.41) is 3.58. The van der Waals surface area contributed by atoms with Gasteiger partial charge >= 0.3 is 0 Å². The van der Waals surface area contributed by atoms with Crippen molar-refractivity contribution in [2.45, 2.75) is 39.2 Å². The molecule has 1 saturated heterocycles. The van der Waals surface area contributed by atoms with Gasteiger partial charge in [0.05, 0.1) is 0 Å². The summed E-state index contributed by atoms with van der Waals surface area (Å²) in [6, 6.07) is 0.748. The molecule has 1 fully saturated rings. The van der Waals surface area contributed by atoms with E-state index in [2.05, 4.69) is 31.1 Å². The van der Waals surface area contributed by atoms with Crippen LogP contribution in [-0.4, -0.2) is 37.6 Å². The summed E-state index contributed by atoms with van der Waals surface area (Å²) in [6.45, 7) is 8.23. The second-order valence-corrected chi connectivity index (χ2v) is 4.76. The van der Waals surface area contributed by atoms with Gasteiger partial charge in [-0.2, -0.15) is 0 Å². The third kappa shape index (κ3) is 4.63. The lowest BCUT2D eigenvalue weighted by Crippen LogP contribution is -2.43. The van der Waals surface area contributed by atoms with Crippen LogP contribution in [0.5, 0.6) is 0 Å². The van der Waals surface area contributed by atoms with E-state index in [1.54, 1.807) is 0 Å². The first-order valence-corrected chi connectivity index (χ1v) is 5.60. The van der Waals surface area contributed by atoms with Crippen LogP contribution in [-0.2, 0) is 0 Å². The minimum Gasteiger partial charge on any atom is -0.313 e. The summed E-state index contributed by atoms with van der Waals surface area (Å²) >= 11 is 0. The molecule has 0 bridgehead atoms. The lowest BCUT2D eigenvalue weighted by atomic mass is 10.0. The fourth-order valence-corrected chi connectivity index (χ4v) is 2.15. The van der Waals surface area contributed by atoms with E-state index in [1.165, 1.54) is 38.9 Å². The maximum atomic E-state index is 3.58. The van der Waals surface area contributed by atoms with Crippen molar-refractivity contribution in [3.8, 4) is 0 Å². The van der Waals surface area contributed by atoms with E-state index >= 15 is 0 Å². The summed E-state index contributed by atoms with van der Waals surface area (Å²) in [6.07, 6.45) is 4.14. The zero-order valence-electron chi connectivity index (χ0n) is 9.34.